The molecule has 0 aromatic carbocycles. The largest absolute Gasteiger partial charge is 0.330 e. The van der Waals surface area contributed by atoms with E-state index in [2.05, 4.69) is 18.9 Å². The molecule has 9 heavy (non-hydrogen) atoms. The van der Waals surface area contributed by atoms with Crippen LogP contribution in [-0.4, -0.2) is 31.1 Å². The van der Waals surface area contributed by atoms with Crippen molar-refractivity contribution in [2.75, 3.05) is 20.1 Å². The van der Waals surface area contributed by atoms with Crippen LogP contribution in [0.4, 0.5) is 0 Å². The summed E-state index contributed by atoms with van der Waals surface area (Å²) in [5.41, 5.74) is 5.56. The van der Waals surface area contributed by atoms with Crippen molar-refractivity contribution in [3.63, 3.8) is 0 Å². The molecule has 0 aromatic heterocycles. The molecule has 2 N–H and O–H groups in total. The number of nitrogens with two attached hydrogens (primary N) is 1. The fraction of sp³-hybridized carbons (Fsp3) is 1.00. The van der Waals surface area contributed by atoms with Gasteiger partial charge in [0.1, 0.15) is 0 Å². The molecule has 1 aliphatic heterocycles. The lowest BCUT2D eigenvalue weighted by Crippen LogP contribution is -2.29. The Morgan fingerprint density at radius 2 is 2.33 bits per heavy atom. The van der Waals surface area contributed by atoms with Gasteiger partial charge in [-0.1, -0.05) is 0 Å². The van der Waals surface area contributed by atoms with Crippen molar-refractivity contribution in [3.05, 3.63) is 0 Å². The van der Waals surface area contributed by atoms with E-state index in [1.165, 1.54) is 13.0 Å². The smallest absolute Gasteiger partial charge is 0.0105 e. The van der Waals surface area contributed by atoms with E-state index in [4.69, 9.17) is 5.73 Å². The molecule has 0 saturated carbocycles. The maximum atomic E-state index is 5.56. The van der Waals surface area contributed by atoms with Crippen LogP contribution < -0.4 is 5.73 Å². The van der Waals surface area contributed by atoms with Crippen LogP contribution in [-0.2, 0) is 0 Å². The number of hydrogen-bond donors (Lipinski definition) is 1. The Bertz CT molecular complexity index is 92.9. The van der Waals surface area contributed by atoms with Crippen molar-refractivity contribution >= 4 is 0 Å². The summed E-state index contributed by atoms with van der Waals surface area (Å²) in [4.78, 5) is 2.37. The highest BCUT2D eigenvalue weighted by Crippen LogP contribution is 2.20. The molecule has 0 radical (unpaired) electrons. The van der Waals surface area contributed by atoms with E-state index < -0.39 is 0 Å². The molecule has 0 aliphatic carbocycles. The van der Waals surface area contributed by atoms with Crippen LogP contribution in [0.3, 0.4) is 0 Å². The molecule has 1 saturated heterocycles. The highest BCUT2D eigenvalue weighted by atomic mass is 15.1. The predicted octanol–water partition coefficient (Wildman–Crippen LogP) is 0.285. The predicted molar refractivity (Wildman–Crippen MR) is 39.3 cm³/mol. The van der Waals surface area contributed by atoms with Crippen molar-refractivity contribution in [3.8, 4) is 0 Å². The summed E-state index contributed by atoms with van der Waals surface area (Å²) in [5, 5.41) is 0. The SMILES string of the molecule is C[C@@H]1[C@H](CN)CCN1C. The van der Waals surface area contributed by atoms with Gasteiger partial charge in [-0.05, 0) is 39.4 Å². The van der Waals surface area contributed by atoms with Gasteiger partial charge in [0.2, 0.25) is 0 Å². The second kappa shape index (κ2) is 2.67. The summed E-state index contributed by atoms with van der Waals surface area (Å²) in [6, 6.07) is 0.704. The van der Waals surface area contributed by atoms with E-state index in [0.29, 0.717) is 6.04 Å². The minimum absolute atomic E-state index is 0.704. The highest BCUT2D eigenvalue weighted by Gasteiger charge is 2.25. The van der Waals surface area contributed by atoms with E-state index in [1.54, 1.807) is 0 Å². The zero-order chi connectivity index (χ0) is 6.85. The van der Waals surface area contributed by atoms with Gasteiger partial charge in [0.15, 0.2) is 0 Å². The van der Waals surface area contributed by atoms with Crippen molar-refractivity contribution < 1.29 is 0 Å². The zero-order valence-corrected chi connectivity index (χ0v) is 6.30. The van der Waals surface area contributed by atoms with Crippen molar-refractivity contribution in [1.82, 2.24) is 4.90 Å². The van der Waals surface area contributed by atoms with Crippen molar-refractivity contribution in [1.29, 1.82) is 0 Å². The monoisotopic (exact) mass is 128 g/mol. The summed E-state index contributed by atoms with van der Waals surface area (Å²) in [7, 11) is 2.17. The minimum Gasteiger partial charge on any atom is -0.330 e. The number of likely N-dealkylation sites (tertiary alicyclic amines) is 1. The third kappa shape index (κ3) is 1.25. The highest BCUT2D eigenvalue weighted by molar-refractivity contribution is 4.81. The summed E-state index contributed by atoms with van der Waals surface area (Å²) < 4.78 is 0. The van der Waals surface area contributed by atoms with Gasteiger partial charge in [0, 0.05) is 6.04 Å². The lowest BCUT2D eigenvalue weighted by molar-refractivity contribution is 0.295. The van der Waals surface area contributed by atoms with E-state index >= 15 is 0 Å². The van der Waals surface area contributed by atoms with Gasteiger partial charge in [0.05, 0.1) is 0 Å². The fourth-order valence-electron chi connectivity index (χ4n) is 1.49. The minimum atomic E-state index is 0.704. The van der Waals surface area contributed by atoms with Crippen molar-refractivity contribution in [2.24, 2.45) is 11.7 Å². The lowest BCUT2D eigenvalue weighted by atomic mass is 10.0. The van der Waals surface area contributed by atoms with Gasteiger partial charge >= 0.3 is 0 Å². The molecule has 0 spiro atoms. The van der Waals surface area contributed by atoms with Gasteiger partial charge in [0.25, 0.3) is 0 Å². The quantitative estimate of drug-likeness (QED) is 0.550. The molecule has 2 heteroatoms. The fourth-order valence-corrected chi connectivity index (χ4v) is 1.49. The average molecular weight is 128 g/mol. The van der Waals surface area contributed by atoms with Crippen LogP contribution in [0.15, 0.2) is 0 Å². The molecular formula is C7H16N2. The molecule has 2 atom stereocenters. The first kappa shape index (κ1) is 7.03. The lowest BCUT2D eigenvalue weighted by Gasteiger charge is -2.18. The first-order chi connectivity index (χ1) is 4.25. The zero-order valence-electron chi connectivity index (χ0n) is 6.30. The topological polar surface area (TPSA) is 29.3 Å². The van der Waals surface area contributed by atoms with Crippen LogP contribution >= 0.6 is 0 Å². The molecule has 1 rings (SSSR count). The summed E-state index contributed by atoms with van der Waals surface area (Å²) >= 11 is 0. The van der Waals surface area contributed by atoms with Gasteiger partial charge in [-0.15, -0.1) is 0 Å². The molecule has 1 heterocycles. The maximum absolute atomic E-state index is 5.56. The van der Waals surface area contributed by atoms with Gasteiger partial charge in [-0.3, -0.25) is 0 Å². The normalized spacial score (nSPS) is 37.7. The maximum Gasteiger partial charge on any atom is 0.0105 e. The molecule has 1 aliphatic rings. The number of hydrogen-bond acceptors (Lipinski definition) is 2. The molecule has 0 bridgehead atoms. The third-order valence-electron chi connectivity index (χ3n) is 2.53. The van der Waals surface area contributed by atoms with Crippen LogP contribution in [0.1, 0.15) is 13.3 Å². The van der Waals surface area contributed by atoms with Crippen LogP contribution in [0.2, 0.25) is 0 Å². The van der Waals surface area contributed by atoms with Gasteiger partial charge < -0.3 is 10.6 Å². The van der Waals surface area contributed by atoms with Crippen molar-refractivity contribution in [2.45, 2.75) is 19.4 Å². The van der Waals surface area contributed by atoms with Crippen LogP contribution in [0.5, 0.6) is 0 Å². The molecule has 1 fully saturated rings. The Morgan fingerprint density at radius 1 is 1.67 bits per heavy atom. The second-order valence-corrected chi connectivity index (χ2v) is 3.01. The van der Waals surface area contributed by atoms with E-state index in [0.717, 1.165) is 12.5 Å². The summed E-state index contributed by atoms with van der Waals surface area (Å²) in [6.07, 6.45) is 1.29. The first-order valence-corrected chi connectivity index (χ1v) is 3.66. The molecular weight excluding hydrogens is 112 g/mol. The molecule has 0 unspecified atom stereocenters. The van der Waals surface area contributed by atoms with E-state index in [1.807, 2.05) is 0 Å². The van der Waals surface area contributed by atoms with E-state index in [-0.39, 0.29) is 0 Å². The Morgan fingerprint density at radius 3 is 2.56 bits per heavy atom. The summed E-state index contributed by atoms with van der Waals surface area (Å²) in [6.45, 7) is 4.33. The Balaban J connectivity index is 2.41. The Kier molecular flexibility index (Phi) is 2.09. The first-order valence-electron chi connectivity index (χ1n) is 3.66. The molecule has 0 aromatic rings. The Labute approximate surface area is 57.0 Å². The number of nitrogens with zero attached hydrogens (tertiary/aromatic N) is 1. The summed E-state index contributed by atoms with van der Waals surface area (Å²) in [5.74, 6) is 0.745. The molecule has 2 nitrogen and oxygen atoms in total. The standard InChI is InChI=1S/C7H16N2/c1-6-7(5-8)3-4-9(6)2/h6-7H,3-5,8H2,1-2H3/t6-,7+/m1/s1. The average Bonchev–Trinajstić information content (AvgIpc) is 2.15. The molecule has 54 valence electrons. The van der Waals surface area contributed by atoms with Crippen LogP contribution in [0, 0.1) is 5.92 Å². The van der Waals surface area contributed by atoms with Crippen LogP contribution in [0.25, 0.3) is 0 Å². The van der Waals surface area contributed by atoms with Gasteiger partial charge in [-0.25, -0.2) is 0 Å². The third-order valence-corrected chi connectivity index (χ3v) is 2.53. The molecule has 0 amide bonds. The second-order valence-electron chi connectivity index (χ2n) is 3.01. The number of rotatable bonds is 1. The van der Waals surface area contributed by atoms with E-state index in [9.17, 15) is 0 Å². The van der Waals surface area contributed by atoms with Gasteiger partial charge in [-0.2, -0.15) is 0 Å². The Hall–Kier alpha value is -0.0800.